The number of hydrogen-bond acceptors (Lipinski definition) is 8. The third-order valence-electron chi connectivity index (χ3n) is 11.3. The summed E-state index contributed by atoms with van der Waals surface area (Å²) in [7, 11) is 6.77. The number of likely N-dealkylation sites (tertiary alicyclic amines) is 1. The lowest BCUT2D eigenvalue weighted by Gasteiger charge is -2.75. The first-order valence-electron chi connectivity index (χ1n) is 12.6. The molecule has 8 heteroatoms. The molecule has 186 valence electrons. The minimum absolute atomic E-state index is 0.0156. The van der Waals surface area contributed by atoms with Crippen LogP contribution in [0.2, 0.25) is 0 Å². The lowest BCUT2D eigenvalue weighted by Crippen LogP contribution is -2.82. The van der Waals surface area contributed by atoms with E-state index in [1.807, 2.05) is 0 Å². The fourth-order valence-corrected chi connectivity index (χ4v) is 10.6. The van der Waals surface area contributed by atoms with E-state index in [-0.39, 0.29) is 59.0 Å². The van der Waals surface area contributed by atoms with Gasteiger partial charge in [0.15, 0.2) is 5.78 Å². The van der Waals surface area contributed by atoms with Crippen molar-refractivity contribution in [3.05, 3.63) is 0 Å². The van der Waals surface area contributed by atoms with Crippen molar-refractivity contribution < 1.29 is 34.0 Å². The monoisotopic (exact) mass is 465 g/mol. The Bertz CT molecular complexity index is 840. The van der Waals surface area contributed by atoms with Crippen molar-refractivity contribution in [1.82, 2.24) is 4.90 Å². The largest absolute Gasteiger partial charge is 0.392 e. The van der Waals surface area contributed by atoms with Gasteiger partial charge in [-0.3, -0.25) is 9.69 Å². The van der Waals surface area contributed by atoms with Gasteiger partial charge < -0.3 is 29.2 Å². The van der Waals surface area contributed by atoms with E-state index in [9.17, 15) is 15.0 Å². The van der Waals surface area contributed by atoms with Crippen LogP contribution in [0.25, 0.3) is 0 Å². The van der Waals surface area contributed by atoms with Gasteiger partial charge >= 0.3 is 0 Å². The predicted octanol–water partition coefficient (Wildman–Crippen LogP) is 0.335. The highest BCUT2D eigenvalue weighted by atomic mass is 16.5. The van der Waals surface area contributed by atoms with Crippen molar-refractivity contribution in [3.8, 4) is 0 Å². The molecule has 6 aliphatic rings. The minimum Gasteiger partial charge on any atom is -0.392 e. The number of aliphatic hydroxyl groups excluding tert-OH is 1. The molecule has 8 nitrogen and oxygen atoms in total. The lowest BCUT2D eigenvalue weighted by molar-refractivity contribution is -0.324. The number of Topliss-reactive ketones (excluding diaryl/α,β-unsaturated/α-hetero) is 1. The summed E-state index contributed by atoms with van der Waals surface area (Å²) >= 11 is 0. The Morgan fingerprint density at radius 3 is 2.45 bits per heavy atom. The van der Waals surface area contributed by atoms with Gasteiger partial charge in [-0.1, -0.05) is 6.92 Å². The predicted molar refractivity (Wildman–Crippen MR) is 117 cm³/mol. The zero-order valence-electron chi connectivity index (χ0n) is 20.4. The molecule has 1 unspecified atom stereocenters. The lowest BCUT2D eigenvalue weighted by atomic mass is 9.34. The number of methoxy groups -OCH3 is 4. The number of rotatable bonds is 6. The molecular weight excluding hydrogens is 426 g/mol. The molecule has 6 rings (SSSR count). The van der Waals surface area contributed by atoms with Crippen LogP contribution in [0, 0.1) is 40.4 Å². The van der Waals surface area contributed by atoms with Crippen LogP contribution in [0.4, 0.5) is 0 Å². The Kier molecular flexibility index (Phi) is 4.99. The van der Waals surface area contributed by atoms with Gasteiger partial charge in [0, 0.05) is 88.4 Å². The molecule has 0 radical (unpaired) electrons. The summed E-state index contributed by atoms with van der Waals surface area (Å²) in [5.74, 6) is -0.192. The van der Waals surface area contributed by atoms with Gasteiger partial charge in [-0.05, 0) is 18.9 Å². The summed E-state index contributed by atoms with van der Waals surface area (Å²) in [6, 6.07) is 0.0674. The van der Waals surface area contributed by atoms with E-state index in [0.29, 0.717) is 26.0 Å². The summed E-state index contributed by atoms with van der Waals surface area (Å²) in [5, 5.41) is 24.2. The van der Waals surface area contributed by atoms with E-state index in [1.54, 1.807) is 28.4 Å². The minimum atomic E-state index is -1.05. The molecule has 5 saturated carbocycles. The highest BCUT2D eigenvalue weighted by Gasteiger charge is 2.88. The molecular formula is C25H39NO7. The summed E-state index contributed by atoms with van der Waals surface area (Å²) in [5.41, 5.74) is -1.85. The van der Waals surface area contributed by atoms with Crippen LogP contribution in [0.1, 0.15) is 26.2 Å². The quantitative estimate of drug-likeness (QED) is 0.580. The number of ether oxygens (including phenoxy) is 4. The van der Waals surface area contributed by atoms with E-state index < -0.39 is 23.2 Å². The molecule has 6 fully saturated rings. The highest BCUT2D eigenvalue weighted by molar-refractivity contribution is 5.88. The van der Waals surface area contributed by atoms with Crippen molar-refractivity contribution in [3.63, 3.8) is 0 Å². The van der Waals surface area contributed by atoms with Gasteiger partial charge in [-0.25, -0.2) is 0 Å². The fourth-order valence-electron chi connectivity index (χ4n) is 10.6. The molecule has 2 N–H and O–H groups in total. The normalized spacial score (nSPS) is 58.7. The third kappa shape index (κ3) is 2.27. The van der Waals surface area contributed by atoms with Gasteiger partial charge in [0.25, 0.3) is 0 Å². The second-order valence-corrected chi connectivity index (χ2v) is 11.7. The number of ketones is 1. The molecule has 1 saturated heterocycles. The van der Waals surface area contributed by atoms with Crippen LogP contribution in [0.5, 0.6) is 0 Å². The highest BCUT2D eigenvalue weighted by Crippen LogP contribution is 2.80. The van der Waals surface area contributed by atoms with Crippen molar-refractivity contribution in [2.75, 3.05) is 48.1 Å². The van der Waals surface area contributed by atoms with Gasteiger partial charge in [0.2, 0.25) is 0 Å². The Balaban J connectivity index is 1.61. The number of nitrogens with zero attached hydrogens (tertiary/aromatic N) is 1. The van der Waals surface area contributed by atoms with E-state index >= 15 is 0 Å². The van der Waals surface area contributed by atoms with E-state index in [0.717, 1.165) is 13.0 Å². The van der Waals surface area contributed by atoms with Crippen LogP contribution in [0.3, 0.4) is 0 Å². The SMILES string of the molecule is CCN1C[C@]2(COC)C(O)C[C@H](OC)[C@@]34[C@@H]5C[C@@H]6C(=O)[C@H](OC)C[C@@](O)([C@@H]65)[C@@H]([C@H](OC)[C@H]23)[C@@H]14. The molecule has 33 heavy (non-hydrogen) atoms. The molecule has 1 spiro atoms. The average Bonchev–Trinajstić information content (AvgIpc) is 2.97. The summed E-state index contributed by atoms with van der Waals surface area (Å²) in [4.78, 5) is 15.7. The number of hydrogen-bond donors (Lipinski definition) is 2. The standard InChI is InChI=1S/C25H39NO7/c1-6-26-10-23(11-30-2)15(27)8-16(32-4)25-13-7-12-17(13)24(29,9-14(31-3)19(12)28)18(22(25)26)20(33-5)21(23)25/h12-18,20-22,27,29H,6-11H2,1-5H3/t12-,13+,14+,15?,16-,17-,18-,20-,21+,22+,23-,24+,25-/m0/s1. The number of carbonyl (C=O) groups is 1. The van der Waals surface area contributed by atoms with E-state index in [4.69, 9.17) is 18.9 Å². The number of piperidine rings is 1. The van der Waals surface area contributed by atoms with Crippen LogP contribution in [-0.4, -0.2) is 105 Å². The molecule has 0 aromatic carbocycles. The molecule has 0 amide bonds. The number of carbonyl (C=O) groups excluding carboxylic acids is 1. The molecule has 5 aliphatic carbocycles. The molecule has 5 bridgehead atoms. The van der Waals surface area contributed by atoms with E-state index in [1.165, 1.54) is 0 Å². The first kappa shape index (κ1) is 22.8. The van der Waals surface area contributed by atoms with Gasteiger partial charge in [0.05, 0.1) is 30.5 Å². The number of aliphatic hydroxyl groups is 2. The average molecular weight is 466 g/mol. The van der Waals surface area contributed by atoms with E-state index in [2.05, 4.69) is 11.8 Å². The second-order valence-electron chi connectivity index (χ2n) is 11.7. The summed E-state index contributed by atoms with van der Waals surface area (Å²) < 4.78 is 23.9. The Hall–Kier alpha value is -0.610. The molecule has 0 aromatic rings. The topological polar surface area (TPSA) is 97.7 Å². The first-order chi connectivity index (χ1) is 15.8. The van der Waals surface area contributed by atoms with Gasteiger partial charge in [-0.2, -0.15) is 0 Å². The first-order valence-corrected chi connectivity index (χ1v) is 12.6. The Morgan fingerprint density at radius 1 is 1.09 bits per heavy atom. The zero-order valence-corrected chi connectivity index (χ0v) is 20.4. The van der Waals surface area contributed by atoms with Crippen LogP contribution in [-0.2, 0) is 23.7 Å². The van der Waals surface area contributed by atoms with Crippen molar-refractivity contribution in [1.29, 1.82) is 0 Å². The Labute approximate surface area is 195 Å². The van der Waals surface area contributed by atoms with Crippen molar-refractivity contribution >= 4 is 5.78 Å². The van der Waals surface area contributed by atoms with Crippen LogP contribution in [0.15, 0.2) is 0 Å². The van der Waals surface area contributed by atoms with Gasteiger partial charge in [-0.15, -0.1) is 0 Å². The fraction of sp³-hybridized carbons (Fsp3) is 0.960. The smallest absolute Gasteiger partial charge is 0.165 e. The van der Waals surface area contributed by atoms with Gasteiger partial charge in [0.1, 0.15) is 6.10 Å². The molecule has 13 atom stereocenters. The summed E-state index contributed by atoms with van der Waals surface area (Å²) in [6.45, 7) is 4.12. The third-order valence-corrected chi connectivity index (χ3v) is 11.3. The van der Waals surface area contributed by atoms with Crippen molar-refractivity contribution in [2.24, 2.45) is 40.4 Å². The zero-order chi connectivity index (χ0) is 23.5. The maximum absolute atomic E-state index is 13.2. The maximum atomic E-state index is 13.2. The molecule has 1 aliphatic heterocycles. The van der Waals surface area contributed by atoms with Crippen molar-refractivity contribution in [2.45, 2.75) is 62.2 Å². The van der Waals surface area contributed by atoms with Crippen LogP contribution < -0.4 is 0 Å². The molecule has 1 heterocycles. The van der Waals surface area contributed by atoms with Crippen LogP contribution >= 0.6 is 0 Å². The Morgan fingerprint density at radius 2 is 1.85 bits per heavy atom. The number of fused-ring (bicyclic) bond motifs is 1. The second kappa shape index (κ2) is 7.21. The molecule has 0 aromatic heterocycles. The summed E-state index contributed by atoms with van der Waals surface area (Å²) in [6.07, 6.45) is 0.0408. The maximum Gasteiger partial charge on any atom is 0.165 e.